The Hall–Kier alpha value is 0.406. The molecule has 0 unspecified atom stereocenters. The predicted molar refractivity (Wildman–Crippen MR) is 264 cm³/mol. The molecule has 318 valence electrons. The van der Waals surface area contributed by atoms with Crippen molar-refractivity contribution in [2.24, 2.45) is 0 Å². The van der Waals surface area contributed by atoms with Crippen molar-refractivity contribution in [3.8, 4) is 12.1 Å². The molecule has 8 heteroatoms. The Balaban J connectivity index is -0.000000322. The maximum Gasteiger partial charge on any atom is 0.101 e. The van der Waals surface area contributed by atoms with Crippen LogP contribution in [0, 0.1) is 26.2 Å². The second-order valence-electron chi connectivity index (χ2n) is 14.7. The summed E-state index contributed by atoms with van der Waals surface area (Å²) in [5.74, 6) is 0. The third-order valence-corrected chi connectivity index (χ3v) is 27.4. The van der Waals surface area contributed by atoms with E-state index in [-0.39, 0.29) is 0 Å². The minimum atomic E-state index is -2.38. The van der Waals surface area contributed by atoms with E-state index >= 15 is 0 Å². The van der Waals surface area contributed by atoms with Crippen LogP contribution in [-0.4, -0.2) is 73.4 Å². The summed E-state index contributed by atoms with van der Waals surface area (Å²) in [5, 5.41) is 17.6. The van der Waals surface area contributed by atoms with Gasteiger partial charge in [-0.1, -0.05) is 105 Å². The zero-order valence-electron chi connectivity index (χ0n) is 38.2. The number of aromatic nitrogens is 2. The first-order valence-electron chi connectivity index (χ1n) is 22.9. The maximum absolute atomic E-state index is 9.19. The number of rotatable bonds is 24. The van der Waals surface area contributed by atoms with Crippen LogP contribution in [0.5, 0.6) is 0 Å². The molecule has 2 heterocycles. The van der Waals surface area contributed by atoms with Gasteiger partial charge in [-0.25, -0.2) is 0 Å². The van der Waals surface area contributed by atoms with Gasteiger partial charge in [0.1, 0.15) is 6.07 Å². The smallest absolute Gasteiger partial charge is 0.101 e. The van der Waals surface area contributed by atoms with Gasteiger partial charge in [0.15, 0.2) is 0 Å². The van der Waals surface area contributed by atoms with E-state index in [2.05, 4.69) is 113 Å². The van der Waals surface area contributed by atoms with Crippen LogP contribution in [0.15, 0.2) is 36.9 Å². The minimum Gasteiger partial charge on any atom is -0.262 e. The fraction of sp³-hybridized carbons (Fsp3) is 0.750. The number of hydrogen-bond donors (Lipinski definition) is 0. The quantitative estimate of drug-likeness (QED) is 0.0596. The molecule has 0 saturated carbocycles. The molecule has 0 bridgehead atoms. The molecule has 6 radical (unpaired) electrons. The Labute approximate surface area is 395 Å². The van der Waals surface area contributed by atoms with Crippen molar-refractivity contribution >= 4 is 89.6 Å². The molecule has 0 atom stereocenters. The van der Waals surface area contributed by atoms with Crippen LogP contribution < -0.4 is 3.58 Å². The SMILES string of the molecule is CCCCCCCC.CCCCCCCC.CCC[CH2][Sn].CCC[CH2][Sn].CCC[CH2][Sn]([CH2]CCC)([CH2]CCC)[c]1cncc(C#N)c1.N#Cc1cncc(I)c1. The first kappa shape index (κ1) is 63.0. The van der Waals surface area contributed by atoms with Crippen molar-refractivity contribution in [1.29, 1.82) is 10.5 Å². The fourth-order valence-corrected chi connectivity index (χ4v) is 23.9. The summed E-state index contributed by atoms with van der Waals surface area (Å²) < 4.78 is 9.66. The molecular weight excluding hydrogens is 1120 g/mol. The maximum atomic E-state index is 9.19. The third-order valence-electron chi connectivity index (χ3n) is 9.32. The zero-order chi connectivity index (χ0) is 43.0. The molecule has 56 heavy (non-hydrogen) atoms. The topological polar surface area (TPSA) is 73.4 Å². The van der Waals surface area contributed by atoms with Gasteiger partial charge in [0.2, 0.25) is 0 Å². The molecule has 0 spiro atoms. The van der Waals surface area contributed by atoms with E-state index in [0.29, 0.717) is 5.56 Å². The molecule has 0 saturated heterocycles. The standard InChI is InChI=1S/2C8H18.C6H3IN2.C6H3N2.5C4H9.3Sn/c2*1-3-5-7-8-6-4-2;7-6-1-5(2-8)3-9-4-6;7-4-6-2-1-3-8-5-6;5*1-3-4-2;;;/h2*3-8H2,1-2H3;1,3-4H;2-3,5H;5*1,3-4H2,2H3;;;. The molecule has 2 aromatic heterocycles. The average Bonchev–Trinajstić information content (AvgIpc) is 3.23. The van der Waals surface area contributed by atoms with Crippen LogP contribution in [-0.2, 0) is 0 Å². The zero-order valence-corrected chi connectivity index (χ0v) is 48.9. The molecule has 0 aromatic carbocycles. The van der Waals surface area contributed by atoms with Crippen molar-refractivity contribution < 1.29 is 0 Å². The van der Waals surface area contributed by atoms with E-state index in [1.807, 2.05) is 6.07 Å². The monoisotopic (exact) mass is 1210 g/mol. The number of nitrogens with zero attached hydrogens (tertiary/aromatic N) is 4. The summed E-state index contributed by atoms with van der Waals surface area (Å²) in [5.41, 5.74) is 1.36. The molecule has 0 aliphatic rings. The Morgan fingerprint density at radius 2 is 0.786 bits per heavy atom. The third kappa shape index (κ3) is 44.0. The van der Waals surface area contributed by atoms with Gasteiger partial charge in [0.25, 0.3) is 0 Å². The Bertz CT molecular complexity index is 1080. The number of nitriles is 2. The number of pyridine rings is 2. The van der Waals surface area contributed by atoms with Crippen LogP contribution in [0.25, 0.3) is 0 Å². The Kier molecular flexibility index (Phi) is 60.1. The molecule has 0 amide bonds. The van der Waals surface area contributed by atoms with E-state index in [1.165, 1.54) is 167 Å². The molecule has 0 fully saturated rings. The van der Waals surface area contributed by atoms with Crippen LogP contribution in [0.3, 0.4) is 0 Å². The molecule has 4 nitrogen and oxygen atoms in total. The largest absolute Gasteiger partial charge is 0.262 e. The van der Waals surface area contributed by atoms with Gasteiger partial charge in [-0.3, -0.25) is 4.98 Å². The van der Waals surface area contributed by atoms with Crippen LogP contribution in [0.1, 0.15) is 215 Å². The Morgan fingerprint density at radius 3 is 1.04 bits per heavy atom. The van der Waals surface area contributed by atoms with E-state index in [9.17, 15) is 5.26 Å². The number of halogens is 1. The first-order valence-corrected chi connectivity index (χ1v) is 35.5. The van der Waals surface area contributed by atoms with Crippen molar-refractivity contribution in [2.75, 3.05) is 0 Å². The van der Waals surface area contributed by atoms with E-state index in [1.54, 1.807) is 69.7 Å². The van der Waals surface area contributed by atoms with Crippen molar-refractivity contribution in [3.63, 3.8) is 0 Å². The van der Waals surface area contributed by atoms with Gasteiger partial charge >= 0.3 is 228 Å². The summed E-state index contributed by atoms with van der Waals surface area (Å²) in [7, 11) is 0. The molecule has 2 aromatic rings. The number of hydrogen-bond acceptors (Lipinski definition) is 4. The molecule has 0 aliphatic heterocycles. The van der Waals surface area contributed by atoms with Crippen molar-refractivity contribution in [3.05, 3.63) is 51.6 Å². The van der Waals surface area contributed by atoms with Gasteiger partial charge in [-0.15, -0.1) is 0 Å². The molecule has 0 N–H and O–H groups in total. The van der Waals surface area contributed by atoms with Gasteiger partial charge in [-0.2, -0.15) is 5.26 Å². The van der Waals surface area contributed by atoms with Gasteiger partial charge in [-0.05, 0) is 28.7 Å². The normalized spacial score (nSPS) is 9.89. The van der Waals surface area contributed by atoms with Crippen molar-refractivity contribution in [1.82, 2.24) is 9.97 Å². The molecule has 0 aliphatic carbocycles. The minimum absolute atomic E-state index is 0.613. The van der Waals surface area contributed by atoms with E-state index < -0.39 is 18.4 Å². The fourth-order valence-electron chi connectivity index (χ4n) is 5.68. The predicted octanol–water partition coefficient (Wildman–Crippen LogP) is 16.0. The number of unbranched alkanes of at least 4 members (excludes halogenated alkanes) is 15. The van der Waals surface area contributed by atoms with Crippen molar-refractivity contribution in [2.45, 2.75) is 226 Å². The van der Waals surface area contributed by atoms with Gasteiger partial charge < -0.3 is 0 Å². The van der Waals surface area contributed by atoms with Gasteiger partial charge in [0.05, 0.1) is 5.56 Å². The summed E-state index contributed by atoms with van der Waals surface area (Å²) in [6, 6.07) is 8.24. The molecular formula is C48H87IN4Sn3. The average molecular weight is 1200 g/mol. The van der Waals surface area contributed by atoms with Gasteiger partial charge in [0, 0.05) is 16.0 Å². The second kappa shape index (κ2) is 53.4. The second-order valence-corrected chi connectivity index (χ2v) is 32.0. The van der Waals surface area contributed by atoms with E-state index in [4.69, 9.17) is 5.26 Å². The molecule has 2 rings (SSSR count). The van der Waals surface area contributed by atoms with Crippen LogP contribution >= 0.6 is 22.6 Å². The summed E-state index contributed by atoms with van der Waals surface area (Å²) >= 11 is 3.11. The summed E-state index contributed by atoms with van der Waals surface area (Å²) in [4.78, 5) is 8.20. The van der Waals surface area contributed by atoms with E-state index in [0.717, 1.165) is 9.13 Å². The first-order chi connectivity index (χ1) is 27.2. The van der Waals surface area contributed by atoms with Crippen LogP contribution in [0.2, 0.25) is 22.2 Å². The Morgan fingerprint density at radius 1 is 0.464 bits per heavy atom. The summed E-state index contributed by atoms with van der Waals surface area (Å²) in [6.45, 7) is 20.4. The summed E-state index contributed by atoms with van der Waals surface area (Å²) in [6.07, 6.45) is 37.5. The van der Waals surface area contributed by atoms with Crippen LogP contribution in [0.4, 0.5) is 0 Å².